The van der Waals surface area contributed by atoms with E-state index in [9.17, 15) is 9.90 Å². The summed E-state index contributed by atoms with van der Waals surface area (Å²) >= 11 is 0. The Bertz CT molecular complexity index is 410. The Hall–Kier alpha value is -1.46. The summed E-state index contributed by atoms with van der Waals surface area (Å²) in [5.74, 6) is -0.822. The van der Waals surface area contributed by atoms with E-state index < -0.39 is 17.9 Å². The van der Waals surface area contributed by atoms with Crippen LogP contribution < -0.4 is 5.73 Å². The van der Waals surface area contributed by atoms with Gasteiger partial charge >= 0.3 is 0 Å². The Kier molecular flexibility index (Phi) is 3.93. The number of hydrogen-bond donors (Lipinski definition) is 2. The van der Waals surface area contributed by atoms with Gasteiger partial charge in [-0.25, -0.2) is 0 Å². The first kappa shape index (κ1) is 13.0. The molecule has 5 heteroatoms. The molecule has 0 aliphatic heterocycles. The molecule has 5 nitrogen and oxygen atoms in total. The highest BCUT2D eigenvalue weighted by Gasteiger charge is 2.39. The molecule has 98 valence electrons. The number of carbonyl (C=O) groups is 1. The van der Waals surface area contributed by atoms with Gasteiger partial charge in [-0.05, 0) is 32.0 Å². The standard InChI is InChI=1S/C13H19N3O2/c1-16(8-9-4-2-3-7-15-9)11-6-5-10(12(11)17)13(14)18/h2-4,7,10-12,17H,5-6,8H2,1H3,(H2,14,18)/t10-,11-,12+/m1/s1. The van der Waals surface area contributed by atoms with Crippen molar-refractivity contribution in [3.8, 4) is 0 Å². The van der Waals surface area contributed by atoms with E-state index in [0.717, 1.165) is 12.1 Å². The third kappa shape index (κ3) is 2.68. The lowest BCUT2D eigenvalue weighted by molar-refractivity contribution is -0.124. The molecule has 0 bridgehead atoms. The van der Waals surface area contributed by atoms with E-state index in [-0.39, 0.29) is 6.04 Å². The minimum atomic E-state index is -0.670. The molecule has 3 atom stereocenters. The molecular formula is C13H19N3O2. The minimum absolute atomic E-state index is 0.0236. The summed E-state index contributed by atoms with van der Waals surface area (Å²) in [6, 6.07) is 5.73. The number of primary amides is 1. The Morgan fingerprint density at radius 1 is 1.56 bits per heavy atom. The van der Waals surface area contributed by atoms with Crippen molar-refractivity contribution in [1.82, 2.24) is 9.88 Å². The fourth-order valence-corrected chi connectivity index (χ4v) is 2.62. The van der Waals surface area contributed by atoms with E-state index in [4.69, 9.17) is 5.73 Å². The van der Waals surface area contributed by atoms with Gasteiger partial charge in [-0.1, -0.05) is 6.07 Å². The average molecular weight is 249 g/mol. The van der Waals surface area contributed by atoms with Crippen molar-refractivity contribution in [1.29, 1.82) is 0 Å². The lowest BCUT2D eigenvalue weighted by atomic mass is 10.0. The van der Waals surface area contributed by atoms with Crippen LogP contribution in [0.1, 0.15) is 18.5 Å². The molecule has 1 heterocycles. The smallest absolute Gasteiger partial charge is 0.223 e. The fraction of sp³-hybridized carbons (Fsp3) is 0.538. The molecule has 1 aliphatic carbocycles. The zero-order valence-corrected chi connectivity index (χ0v) is 10.5. The van der Waals surface area contributed by atoms with Crippen LogP contribution in [0.3, 0.4) is 0 Å². The summed E-state index contributed by atoms with van der Waals surface area (Å²) in [6.07, 6.45) is 2.53. The first-order chi connectivity index (χ1) is 8.59. The molecular weight excluding hydrogens is 230 g/mol. The first-order valence-electron chi connectivity index (χ1n) is 6.17. The van der Waals surface area contributed by atoms with Gasteiger partial charge in [-0.3, -0.25) is 14.7 Å². The van der Waals surface area contributed by atoms with Crippen molar-refractivity contribution < 1.29 is 9.90 Å². The second kappa shape index (κ2) is 5.46. The summed E-state index contributed by atoms with van der Waals surface area (Å²) < 4.78 is 0. The van der Waals surface area contributed by atoms with Crippen LogP contribution in [0.25, 0.3) is 0 Å². The van der Waals surface area contributed by atoms with Crippen molar-refractivity contribution in [2.24, 2.45) is 11.7 Å². The molecule has 1 saturated carbocycles. The van der Waals surface area contributed by atoms with Crippen molar-refractivity contribution in [3.05, 3.63) is 30.1 Å². The number of rotatable bonds is 4. The number of hydrogen-bond acceptors (Lipinski definition) is 4. The molecule has 1 amide bonds. The summed E-state index contributed by atoms with van der Waals surface area (Å²) in [7, 11) is 1.94. The average Bonchev–Trinajstić information content (AvgIpc) is 2.72. The molecule has 0 saturated heterocycles. The molecule has 0 unspecified atom stereocenters. The summed E-state index contributed by atoms with van der Waals surface area (Å²) in [6.45, 7) is 0.661. The topological polar surface area (TPSA) is 79.5 Å². The number of nitrogens with two attached hydrogens (primary N) is 1. The molecule has 1 aliphatic rings. The Morgan fingerprint density at radius 3 is 2.89 bits per heavy atom. The van der Waals surface area contributed by atoms with Gasteiger partial charge in [0.2, 0.25) is 5.91 Å². The van der Waals surface area contributed by atoms with Crippen molar-refractivity contribution >= 4 is 5.91 Å². The second-order valence-electron chi connectivity index (χ2n) is 4.88. The van der Waals surface area contributed by atoms with Crippen LogP contribution in [0, 0.1) is 5.92 Å². The normalized spacial score (nSPS) is 27.6. The highest BCUT2D eigenvalue weighted by Crippen LogP contribution is 2.29. The summed E-state index contributed by atoms with van der Waals surface area (Å²) in [5.41, 5.74) is 6.23. The quantitative estimate of drug-likeness (QED) is 0.795. The zero-order chi connectivity index (χ0) is 13.1. The van der Waals surface area contributed by atoms with Gasteiger partial charge in [0, 0.05) is 18.8 Å². The van der Waals surface area contributed by atoms with Gasteiger partial charge in [0.1, 0.15) is 0 Å². The maximum Gasteiger partial charge on any atom is 0.223 e. The summed E-state index contributed by atoms with van der Waals surface area (Å²) in [4.78, 5) is 17.5. The van der Waals surface area contributed by atoms with Gasteiger partial charge in [0.05, 0.1) is 17.7 Å². The zero-order valence-electron chi connectivity index (χ0n) is 10.5. The number of aliphatic hydroxyl groups is 1. The van der Waals surface area contributed by atoms with Crippen molar-refractivity contribution in [2.75, 3.05) is 7.05 Å². The SMILES string of the molecule is CN(Cc1ccccn1)[C@@H]1CC[C@@H](C(N)=O)[C@@H]1O. The number of nitrogens with zero attached hydrogens (tertiary/aromatic N) is 2. The van der Waals surface area contributed by atoms with Crippen LogP contribution in [-0.2, 0) is 11.3 Å². The number of pyridine rings is 1. The molecule has 2 rings (SSSR count). The predicted molar refractivity (Wildman–Crippen MR) is 67.4 cm³/mol. The third-order valence-corrected chi connectivity index (χ3v) is 3.65. The van der Waals surface area contributed by atoms with Gasteiger partial charge in [-0.2, -0.15) is 0 Å². The van der Waals surface area contributed by atoms with Gasteiger partial charge in [0.15, 0.2) is 0 Å². The molecule has 1 aromatic rings. The molecule has 18 heavy (non-hydrogen) atoms. The molecule has 1 aromatic heterocycles. The highest BCUT2D eigenvalue weighted by atomic mass is 16.3. The number of carbonyl (C=O) groups excluding carboxylic acids is 1. The van der Waals surface area contributed by atoms with Gasteiger partial charge in [0.25, 0.3) is 0 Å². The summed E-state index contributed by atoms with van der Waals surface area (Å²) in [5, 5.41) is 10.1. The fourth-order valence-electron chi connectivity index (χ4n) is 2.62. The van der Waals surface area contributed by atoms with E-state index in [1.54, 1.807) is 6.20 Å². The van der Waals surface area contributed by atoms with Crippen LogP contribution in [0.5, 0.6) is 0 Å². The Balaban J connectivity index is 1.98. The molecule has 0 aromatic carbocycles. The number of aliphatic hydroxyl groups excluding tert-OH is 1. The number of likely N-dealkylation sites (N-methyl/N-ethyl adjacent to an activating group) is 1. The van der Waals surface area contributed by atoms with Crippen LogP contribution in [-0.4, -0.2) is 40.1 Å². The van der Waals surface area contributed by atoms with Crippen molar-refractivity contribution in [2.45, 2.75) is 31.5 Å². The largest absolute Gasteiger partial charge is 0.391 e. The lowest BCUT2D eigenvalue weighted by Crippen LogP contribution is -2.42. The highest BCUT2D eigenvalue weighted by molar-refractivity contribution is 5.77. The second-order valence-corrected chi connectivity index (χ2v) is 4.88. The van der Waals surface area contributed by atoms with Crippen LogP contribution in [0.2, 0.25) is 0 Å². The molecule has 0 radical (unpaired) electrons. The number of aromatic nitrogens is 1. The molecule has 0 spiro atoms. The predicted octanol–water partition coefficient (Wildman–Crippen LogP) is 0.138. The van der Waals surface area contributed by atoms with E-state index in [1.807, 2.05) is 30.1 Å². The van der Waals surface area contributed by atoms with Crippen LogP contribution in [0.4, 0.5) is 0 Å². The van der Waals surface area contributed by atoms with Gasteiger partial charge < -0.3 is 10.8 Å². The number of amides is 1. The first-order valence-corrected chi connectivity index (χ1v) is 6.17. The molecule has 3 N–H and O–H groups in total. The van der Waals surface area contributed by atoms with E-state index in [1.165, 1.54) is 0 Å². The monoisotopic (exact) mass is 249 g/mol. The minimum Gasteiger partial charge on any atom is -0.391 e. The van der Waals surface area contributed by atoms with Crippen LogP contribution in [0.15, 0.2) is 24.4 Å². The Labute approximate surface area is 107 Å². The van der Waals surface area contributed by atoms with E-state index >= 15 is 0 Å². The lowest BCUT2D eigenvalue weighted by Gasteiger charge is -2.27. The Morgan fingerprint density at radius 2 is 2.33 bits per heavy atom. The maximum absolute atomic E-state index is 11.2. The molecule has 1 fully saturated rings. The third-order valence-electron chi connectivity index (χ3n) is 3.65. The van der Waals surface area contributed by atoms with E-state index in [2.05, 4.69) is 4.98 Å². The van der Waals surface area contributed by atoms with Gasteiger partial charge in [-0.15, -0.1) is 0 Å². The van der Waals surface area contributed by atoms with Crippen molar-refractivity contribution in [3.63, 3.8) is 0 Å². The van der Waals surface area contributed by atoms with E-state index in [0.29, 0.717) is 13.0 Å². The maximum atomic E-state index is 11.2. The van der Waals surface area contributed by atoms with Crippen LogP contribution >= 0.6 is 0 Å².